The number of aromatic amines is 1. The number of amides is 4. The van der Waals surface area contributed by atoms with Gasteiger partial charge in [0, 0.05) is 120 Å². The second kappa shape index (κ2) is 33.6. The van der Waals surface area contributed by atoms with Gasteiger partial charge in [-0.2, -0.15) is 0 Å². The fourth-order valence-electron chi connectivity index (χ4n) is 11.0. The average molecular weight is 1330 g/mol. The lowest BCUT2D eigenvalue weighted by Crippen LogP contribution is -2.46. The van der Waals surface area contributed by atoms with Gasteiger partial charge in [0.15, 0.2) is 0 Å². The molecule has 0 saturated carbocycles. The number of benzene rings is 1. The summed E-state index contributed by atoms with van der Waals surface area (Å²) < 4.78 is 25.3. The highest BCUT2D eigenvalue weighted by molar-refractivity contribution is 9.10. The van der Waals surface area contributed by atoms with E-state index in [1.165, 1.54) is 17.8 Å². The van der Waals surface area contributed by atoms with E-state index in [0.29, 0.717) is 34.1 Å². The summed E-state index contributed by atoms with van der Waals surface area (Å²) in [5.74, 6) is -0.826. The molecule has 4 amide bonds. The number of piperidine rings is 4. The van der Waals surface area contributed by atoms with Crippen LogP contribution in [0.4, 0.5) is 36.7 Å². The maximum absolute atomic E-state index is 13.8. The second-order valence-corrected chi connectivity index (χ2v) is 27.0. The van der Waals surface area contributed by atoms with E-state index in [4.69, 9.17) is 15.2 Å². The van der Waals surface area contributed by atoms with Gasteiger partial charge in [0.2, 0.25) is 0 Å². The molecule has 0 bridgehead atoms. The molecule has 5 aromatic heterocycles. The number of hydrogen-bond donors (Lipinski definition) is 7. The van der Waals surface area contributed by atoms with E-state index in [0.717, 1.165) is 154 Å². The van der Waals surface area contributed by atoms with E-state index in [1.54, 1.807) is 18.3 Å². The quantitative estimate of drug-likeness (QED) is 0.0700. The van der Waals surface area contributed by atoms with Gasteiger partial charge in [-0.3, -0.25) is 29.5 Å². The number of anilines is 4. The Morgan fingerprint density at radius 3 is 1.43 bits per heavy atom. The second-order valence-electron chi connectivity index (χ2n) is 26.1. The van der Waals surface area contributed by atoms with Crippen LogP contribution in [0.3, 0.4) is 0 Å². The molecular formula is C70H96BrFN14O6. The number of nitrogens with two attached hydrogens (primary N) is 1. The van der Waals surface area contributed by atoms with Crippen LogP contribution in [-0.4, -0.2) is 137 Å². The molecule has 496 valence electrons. The van der Waals surface area contributed by atoms with E-state index in [-0.39, 0.29) is 42.1 Å². The van der Waals surface area contributed by atoms with E-state index in [9.17, 15) is 23.6 Å². The lowest BCUT2D eigenvalue weighted by Gasteiger charge is -2.34. The van der Waals surface area contributed by atoms with Crippen molar-refractivity contribution in [3.05, 3.63) is 153 Å². The first-order valence-electron chi connectivity index (χ1n) is 32.0. The van der Waals surface area contributed by atoms with Crippen molar-refractivity contribution in [2.45, 2.75) is 170 Å². The van der Waals surface area contributed by atoms with Crippen molar-refractivity contribution in [2.75, 3.05) is 72.4 Å². The Morgan fingerprint density at radius 1 is 0.598 bits per heavy atom. The van der Waals surface area contributed by atoms with Crippen molar-refractivity contribution in [3.8, 4) is 0 Å². The molecule has 5 aliphatic rings. The topological polar surface area (TPSA) is 250 Å². The fraction of sp³-hybridized carbons (Fsp3) is 0.486. The molecule has 4 saturated heterocycles. The van der Waals surface area contributed by atoms with Crippen molar-refractivity contribution in [2.24, 2.45) is 5.73 Å². The Bertz CT molecular complexity index is 3360. The van der Waals surface area contributed by atoms with E-state index in [1.807, 2.05) is 126 Å². The molecule has 0 atom stereocenters. The standard InChI is InChI=1S/C27H28FN5O2.C16H25N3O2.C11H17N3.C10H20N2O2.C6H6BrN/c1-15-4-6-20(14-29-15)33-10-8-19(9-11-33)31-27(35)25-16(2)24(30-17(25)3)13-22-21-12-18(28)5-7-23(21)32-26(22)34;1-12-5-6-14(11-17-12)19-9-7-13(8-10-19)18-15(20)21-16(2,3)4;1-9-2-3-11(8-13-9)14-6-4-10(12)5-7-14;1-10(2,3)14-9(13)12-8-4-6-11-7-5-8;1-5-2-3-6(7)4-8-5/h4-7,12-14,19,30H,8-11H2,1-3H3,(H,31,35)(H,32,34);5-6,11,13H,7-10H2,1-4H3,(H,18,20);2-3,8,10H,4-7,12H2,1H3;8,11H,4-7H2,1-3H3,(H,12,13);2-4H,1H3/b22-13-;;;;. The first-order valence-corrected chi connectivity index (χ1v) is 32.8. The number of fused-ring (bicyclic) bond motifs is 1. The van der Waals surface area contributed by atoms with E-state index < -0.39 is 17.0 Å². The van der Waals surface area contributed by atoms with Gasteiger partial charge >= 0.3 is 12.2 Å². The smallest absolute Gasteiger partial charge is 0.407 e. The summed E-state index contributed by atoms with van der Waals surface area (Å²) in [4.78, 5) is 76.0. The summed E-state index contributed by atoms with van der Waals surface area (Å²) in [7, 11) is 0. The van der Waals surface area contributed by atoms with Crippen LogP contribution in [-0.2, 0) is 14.3 Å². The van der Waals surface area contributed by atoms with Crippen LogP contribution in [0.1, 0.15) is 149 Å². The monoisotopic (exact) mass is 1330 g/mol. The minimum Gasteiger partial charge on any atom is -0.444 e. The molecule has 6 aromatic rings. The highest BCUT2D eigenvalue weighted by Gasteiger charge is 2.29. The first-order chi connectivity index (χ1) is 43.6. The van der Waals surface area contributed by atoms with Gasteiger partial charge in [-0.1, -0.05) is 0 Å². The molecule has 8 N–H and O–H groups in total. The van der Waals surface area contributed by atoms with Gasteiger partial charge in [0.1, 0.15) is 17.0 Å². The molecule has 11 rings (SSSR count). The number of carbonyl (C=O) groups is 4. The number of hydrogen-bond acceptors (Lipinski definition) is 15. The zero-order valence-electron chi connectivity index (χ0n) is 55.8. The number of carbonyl (C=O) groups excluding carboxylic acids is 4. The number of halogens is 2. The minimum absolute atomic E-state index is 0.0862. The Balaban J connectivity index is 0.000000179. The van der Waals surface area contributed by atoms with Crippen molar-refractivity contribution in [3.63, 3.8) is 0 Å². The van der Waals surface area contributed by atoms with Crippen LogP contribution >= 0.6 is 15.9 Å². The number of H-pyrrole nitrogens is 1. The number of aryl methyl sites for hydroxylation is 5. The zero-order valence-corrected chi connectivity index (χ0v) is 57.4. The molecule has 0 unspecified atom stereocenters. The van der Waals surface area contributed by atoms with Crippen molar-refractivity contribution < 1.29 is 33.0 Å². The third kappa shape index (κ3) is 23.0. The third-order valence-electron chi connectivity index (χ3n) is 16.1. The zero-order chi connectivity index (χ0) is 66.7. The van der Waals surface area contributed by atoms with Gasteiger partial charge in [-0.25, -0.2) is 14.0 Å². The molecule has 20 nitrogen and oxygen atoms in total. The van der Waals surface area contributed by atoms with Gasteiger partial charge < -0.3 is 61.5 Å². The number of ether oxygens (including phenoxy) is 2. The van der Waals surface area contributed by atoms with Gasteiger partial charge in [0.05, 0.1) is 46.8 Å². The van der Waals surface area contributed by atoms with E-state index in [2.05, 4.69) is 106 Å². The molecule has 0 spiro atoms. The fourth-order valence-corrected chi connectivity index (χ4v) is 11.2. The van der Waals surface area contributed by atoms with E-state index >= 15 is 0 Å². The van der Waals surface area contributed by atoms with Crippen LogP contribution in [0.2, 0.25) is 0 Å². The molecular weight excluding hydrogens is 1230 g/mol. The number of nitrogens with one attached hydrogen (secondary N) is 6. The Labute approximate surface area is 551 Å². The number of aromatic nitrogens is 5. The van der Waals surface area contributed by atoms with Crippen molar-refractivity contribution in [1.82, 2.24) is 46.2 Å². The Hall–Kier alpha value is -7.95. The van der Waals surface area contributed by atoms with Gasteiger partial charge in [0.25, 0.3) is 11.8 Å². The van der Waals surface area contributed by atoms with Crippen LogP contribution in [0.5, 0.6) is 0 Å². The van der Waals surface area contributed by atoms with Crippen LogP contribution in [0, 0.1) is 47.4 Å². The molecule has 4 fully saturated rings. The predicted molar refractivity (Wildman–Crippen MR) is 369 cm³/mol. The molecule has 22 heteroatoms. The average Bonchev–Trinajstić information content (AvgIpc) is 1.68. The largest absolute Gasteiger partial charge is 0.444 e. The SMILES string of the molecule is CC(C)(C)OC(=O)NC1CCNCC1.Cc1ccc(Br)cn1.Cc1ccc(N2CCC(N)CC2)cn1.Cc1ccc(N2CCC(NC(=O)OC(C)(C)C)CC2)cn1.Cc1ccc(N2CCC(NC(=O)c3c(C)[nH]c(/C=C4\C(=O)Nc5ccc(F)cc54)c3C)CC2)cn1. The molecule has 0 radical (unpaired) electrons. The van der Waals surface area contributed by atoms with Gasteiger partial charge in [-0.05, 0) is 242 Å². The molecule has 0 aliphatic carbocycles. The number of alkyl carbamates (subject to hydrolysis) is 2. The number of nitrogens with zero attached hydrogens (tertiary/aromatic N) is 7. The van der Waals surface area contributed by atoms with Crippen LogP contribution in [0.25, 0.3) is 11.6 Å². The summed E-state index contributed by atoms with van der Waals surface area (Å²) in [6.45, 7) is 30.5. The summed E-state index contributed by atoms with van der Waals surface area (Å²) in [6, 6.07) is 21.5. The van der Waals surface area contributed by atoms with Crippen LogP contribution < -0.4 is 47.0 Å². The summed E-state index contributed by atoms with van der Waals surface area (Å²) in [6.07, 6.45) is 16.3. The summed E-state index contributed by atoms with van der Waals surface area (Å²) in [5.41, 5.74) is 16.8. The lowest BCUT2D eigenvalue weighted by molar-refractivity contribution is -0.110. The minimum atomic E-state index is -0.446. The van der Waals surface area contributed by atoms with Crippen LogP contribution in [0.15, 0.2) is 96.0 Å². The summed E-state index contributed by atoms with van der Waals surface area (Å²) in [5, 5.41) is 15.0. The number of pyridine rings is 4. The highest BCUT2D eigenvalue weighted by Crippen LogP contribution is 2.35. The molecule has 92 heavy (non-hydrogen) atoms. The summed E-state index contributed by atoms with van der Waals surface area (Å²) >= 11 is 3.28. The Morgan fingerprint density at radius 2 is 1.02 bits per heavy atom. The predicted octanol–water partition coefficient (Wildman–Crippen LogP) is 12.0. The van der Waals surface area contributed by atoms with Crippen molar-refractivity contribution in [1.29, 1.82) is 0 Å². The molecule has 10 heterocycles. The van der Waals surface area contributed by atoms with Crippen molar-refractivity contribution >= 4 is 74.3 Å². The lowest BCUT2D eigenvalue weighted by atomic mass is 10.0. The molecule has 5 aliphatic heterocycles. The third-order valence-corrected chi connectivity index (χ3v) is 16.5. The first kappa shape index (κ1) is 71.5. The normalized spacial score (nSPS) is 16.8. The van der Waals surface area contributed by atoms with Gasteiger partial charge in [-0.15, -0.1) is 0 Å². The molecule has 1 aromatic carbocycles. The Kier molecular flexibility index (Phi) is 26.1. The number of rotatable bonds is 8. The highest BCUT2D eigenvalue weighted by atomic mass is 79.9. The maximum atomic E-state index is 13.8. The maximum Gasteiger partial charge on any atom is 0.407 e.